The number of carbonyl (C=O) groups is 4. The third kappa shape index (κ3) is 4.32. The molecule has 2 aromatic rings. The summed E-state index contributed by atoms with van der Waals surface area (Å²) < 4.78 is 20.7. The van der Waals surface area contributed by atoms with E-state index in [4.69, 9.17) is 4.74 Å². The molecule has 32 heavy (non-hydrogen) atoms. The van der Waals surface area contributed by atoms with Crippen LogP contribution in [0.3, 0.4) is 0 Å². The van der Waals surface area contributed by atoms with E-state index >= 15 is 0 Å². The number of ether oxygens (including phenoxy) is 1. The Bertz CT molecular complexity index is 1150. The Balaban J connectivity index is 1.48. The lowest BCUT2D eigenvalue weighted by Gasteiger charge is -2.15. The average molecular weight is 439 g/mol. The summed E-state index contributed by atoms with van der Waals surface area (Å²) in [5, 5.41) is 7.17. The summed E-state index contributed by atoms with van der Waals surface area (Å²) >= 11 is 0. The van der Waals surface area contributed by atoms with Crippen LogP contribution in [-0.2, 0) is 16.0 Å². The summed E-state index contributed by atoms with van der Waals surface area (Å²) in [4.78, 5) is 46.7. The standard InChI is InChI=1S/C23H22FN3O5/c1-11-5-14-7-15(10-25-20(29)9-19-22(30)27-23(31)26-19)32-21(14)17(6-11)16-8-13(12(2)28)3-4-18(16)24/h3-6,8,15,19H,7,9-10H2,1-2H3,(H,25,29)(H2,26,27,30,31)/t15-,19-/m0/s1. The van der Waals surface area contributed by atoms with Gasteiger partial charge in [0.25, 0.3) is 5.91 Å². The monoisotopic (exact) mass is 439 g/mol. The Kier molecular flexibility index (Phi) is 5.65. The third-order valence-corrected chi connectivity index (χ3v) is 5.48. The van der Waals surface area contributed by atoms with Gasteiger partial charge >= 0.3 is 6.03 Å². The fourth-order valence-corrected chi connectivity index (χ4v) is 3.95. The summed E-state index contributed by atoms with van der Waals surface area (Å²) in [6.07, 6.45) is -0.0376. The van der Waals surface area contributed by atoms with Gasteiger partial charge in [-0.25, -0.2) is 9.18 Å². The Hall–Kier alpha value is -3.75. The zero-order valence-corrected chi connectivity index (χ0v) is 17.6. The predicted molar refractivity (Wildman–Crippen MR) is 113 cm³/mol. The highest BCUT2D eigenvalue weighted by Gasteiger charge is 2.32. The molecule has 0 saturated carbocycles. The van der Waals surface area contributed by atoms with Gasteiger partial charge in [-0.15, -0.1) is 0 Å². The van der Waals surface area contributed by atoms with Crippen LogP contribution in [0.5, 0.6) is 5.75 Å². The molecule has 2 aromatic carbocycles. The van der Waals surface area contributed by atoms with Crippen molar-refractivity contribution in [2.24, 2.45) is 0 Å². The van der Waals surface area contributed by atoms with E-state index in [1.165, 1.54) is 25.1 Å². The summed E-state index contributed by atoms with van der Waals surface area (Å²) in [6, 6.07) is 6.48. The number of Topliss-reactive ketones (excluding diaryl/α,β-unsaturated/α-hetero) is 1. The minimum Gasteiger partial charge on any atom is -0.487 e. The molecule has 8 nitrogen and oxygen atoms in total. The molecular weight excluding hydrogens is 417 g/mol. The fourth-order valence-electron chi connectivity index (χ4n) is 3.95. The van der Waals surface area contributed by atoms with Crippen LogP contribution in [0.1, 0.15) is 34.8 Å². The third-order valence-electron chi connectivity index (χ3n) is 5.48. The van der Waals surface area contributed by atoms with Gasteiger partial charge in [-0.1, -0.05) is 6.07 Å². The maximum atomic E-state index is 14.6. The summed E-state index contributed by atoms with van der Waals surface area (Å²) in [6.45, 7) is 3.50. The van der Waals surface area contributed by atoms with Crippen LogP contribution >= 0.6 is 0 Å². The van der Waals surface area contributed by atoms with Crippen molar-refractivity contribution in [2.45, 2.75) is 38.8 Å². The molecule has 0 radical (unpaired) electrons. The first-order chi connectivity index (χ1) is 15.2. The first kappa shape index (κ1) is 21.5. The molecule has 2 heterocycles. The quantitative estimate of drug-likeness (QED) is 0.471. The van der Waals surface area contributed by atoms with Gasteiger partial charge in [0.2, 0.25) is 5.91 Å². The van der Waals surface area contributed by atoms with Crippen molar-refractivity contribution in [3.05, 3.63) is 52.8 Å². The van der Waals surface area contributed by atoms with E-state index in [0.29, 0.717) is 23.3 Å². The minimum atomic E-state index is -0.894. The van der Waals surface area contributed by atoms with Crippen molar-refractivity contribution in [3.8, 4) is 16.9 Å². The van der Waals surface area contributed by atoms with E-state index < -0.39 is 29.7 Å². The number of hydrogen-bond donors (Lipinski definition) is 3. The van der Waals surface area contributed by atoms with Crippen molar-refractivity contribution >= 4 is 23.6 Å². The smallest absolute Gasteiger partial charge is 0.322 e. The van der Waals surface area contributed by atoms with Gasteiger partial charge in [-0.3, -0.25) is 19.7 Å². The van der Waals surface area contributed by atoms with Crippen LogP contribution < -0.4 is 20.7 Å². The number of fused-ring (bicyclic) bond motifs is 1. The van der Waals surface area contributed by atoms with Gasteiger partial charge in [0.05, 0.1) is 13.0 Å². The van der Waals surface area contributed by atoms with Gasteiger partial charge in [0.15, 0.2) is 5.78 Å². The molecule has 1 saturated heterocycles. The molecule has 0 aromatic heterocycles. The number of nitrogens with one attached hydrogen (secondary N) is 3. The lowest BCUT2D eigenvalue weighted by molar-refractivity contribution is -0.126. The van der Waals surface area contributed by atoms with E-state index in [0.717, 1.165) is 11.1 Å². The maximum absolute atomic E-state index is 14.6. The molecule has 166 valence electrons. The highest BCUT2D eigenvalue weighted by Crippen LogP contribution is 2.41. The molecule has 9 heteroatoms. The normalized spacial score (nSPS) is 19.1. The number of aryl methyl sites for hydroxylation is 1. The van der Waals surface area contributed by atoms with E-state index in [-0.39, 0.29) is 30.4 Å². The van der Waals surface area contributed by atoms with Crippen LogP contribution in [-0.4, -0.2) is 42.3 Å². The Morgan fingerprint density at radius 1 is 1.19 bits per heavy atom. The SMILES string of the molecule is CC(=O)c1ccc(F)c(-c2cc(C)cc3c2O[C@H](CNC(=O)C[C@@H]2NC(=O)NC2=O)C3)c1. The zero-order chi connectivity index (χ0) is 23.0. The van der Waals surface area contributed by atoms with Crippen LogP contribution in [0.25, 0.3) is 11.1 Å². The second-order valence-corrected chi connectivity index (χ2v) is 8.02. The minimum absolute atomic E-state index is 0.163. The van der Waals surface area contributed by atoms with Crippen LogP contribution in [0.4, 0.5) is 9.18 Å². The lowest BCUT2D eigenvalue weighted by Crippen LogP contribution is -2.39. The highest BCUT2D eigenvalue weighted by atomic mass is 19.1. The van der Waals surface area contributed by atoms with Gasteiger partial charge in [0, 0.05) is 23.1 Å². The molecule has 0 bridgehead atoms. The number of imide groups is 1. The fraction of sp³-hybridized carbons (Fsp3) is 0.304. The average Bonchev–Trinajstić information content (AvgIpc) is 3.27. The Morgan fingerprint density at radius 2 is 1.97 bits per heavy atom. The van der Waals surface area contributed by atoms with Gasteiger partial charge < -0.3 is 15.4 Å². The van der Waals surface area contributed by atoms with E-state index in [9.17, 15) is 23.6 Å². The summed E-state index contributed by atoms with van der Waals surface area (Å²) in [5.74, 6) is -1.03. The van der Waals surface area contributed by atoms with Crippen molar-refractivity contribution in [2.75, 3.05) is 6.54 Å². The van der Waals surface area contributed by atoms with E-state index in [2.05, 4.69) is 16.0 Å². The number of carbonyl (C=O) groups excluding carboxylic acids is 4. The van der Waals surface area contributed by atoms with E-state index in [1.807, 2.05) is 19.1 Å². The number of urea groups is 1. The van der Waals surface area contributed by atoms with Crippen LogP contribution in [0.2, 0.25) is 0 Å². The zero-order valence-electron chi connectivity index (χ0n) is 17.6. The lowest BCUT2D eigenvalue weighted by atomic mass is 9.95. The Labute approximate surface area is 183 Å². The Morgan fingerprint density at radius 3 is 2.66 bits per heavy atom. The number of benzene rings is 2. The largest absolute Gasteiger partial charge is 0.487 e. The van der Waals surface area contributed by atoms with Crippen molar-refractivity contribution in [1.29, 1.82) is 0 Å². The molecule has 2 atom stereocenters. The second kappa shape index (κ2) is 8.41. The molecule has 3 N–H and O–H groups in total. The number of halogens is 1. The number of rotatable bonds is 6. The van der Waals surface area contributed by atoms with Gasteiger partial charge in [-0.2, -0.15) is 0 Å². The van der Waals surface area contributed by atoms with Gasteiger partial charge in [0.1, 0.15) is 23.7 Å². The van der Waals surface area contributed by atoms with Crippen LogP contribution in [0, 0.1) is 12.7 Å². The number of ketones is 1. The molecule has 2 aliphatic rings. The molecule has 0 unspecified atom stereocenters. The van der Waals surface area contributed by atoms with Crippen molar-refractivity contribution in [3.63, 3.8) is 0 Å². The molecular formula is C23H22FN3O5. The maximum Gasteiger partial charge on any atom is 0.322 e. The summed E-state index contributed by atoms with van der Waals surface area (Å²) in [5.41, 5.74) is 3.04. The first-order valence-corrected chi connectivity index (χ1v) is 10.2. The highest BCUT2D eigenvalue weighted by molar-refractivity contribution is 6.05. The second-order valence-electron chi connectivity index (χ2n) is 8.02. The van der Waals surface area contributed by atoms with Crippen LogP contribution in [0.15, 0.2) is 30.3 Å². The molecule has 4 rings (SSSR count). The topological polar surface area (TPSA) is 114 Å². The predicted octanol–water partition coefficient (Wildman–Crippen LogP) is 2.02. The first-order valence-electron chi connectivity index (χ1n) is 10.2. The molecule has 0 aliphatic carbocycles. The van der Waals surface area contributed by atoms with Crippen molar-refractivity contribution in [1.82, 2.24) is 16.0 Å². The number of hydrogen-bond acceptors (Lipinski definition) is 5. The molecule has 4 amide bonds. The number of amides is 4. The molecule has 2 aliphatic heterocycles. The summed E-state index contributed by atoms with van der Waals surface area (Å²) in [7, 11) is 0. The van der Waals surface area contributed by atoms with Crippen molar-refractivity contribution < 1.29 is 28.3 Å². The van der Waals surface area contributed by atoms with E-state index in [1.54, 1.807) is 0 Å². The molecule has 1 fully saturated rings. The van der Waals surface area contributed by atoms with Gasteiger partial charge in [-0.05, 0) is 49.2 Å². The molecule has 0 spiro atoms.